The number of sulfonamides is 1. The molecule has 0 saturated carbocycles. The number of piperidine rings is 1. The average Bonchev–Trinajstić information content (AvgIpc) is 3.07. The van der Waals surface area contributed by atoms with Gasteiger partial charge in [-0.2, -0.15) is 0 Å². The highest BCUT2D eigenvalue weighted by Gasteiger charge is 2.29. The lowest BCUT2D eigenvalue weighted by atomic mass is 9.98. The summed E-state index contributed by atoms with van der Waals surface area (Å²) >= 11 is 0. The van der Waals surface area contributed by atoms with Gasteiger partial charge < -0.3 is 4.52 Å². The number of hydrogen-bond acceptors (Lipinski definition) is 6. The fraction of sp³-hybridized carbons (Fsp3) is 0.389. The largest absolute Gasteiger partial charge is 0.356 e. The molecule has 27 heavy (non-hydrogen) atoms. The van der Waals surface area contributed by atoms with Crippen molar-refractivity contribution >= 4 is 21.0 Å². The molecule has 1 fully saturated rings. The molecule has 1 saturated heterocycles. The number of benzene rings is 1. The number of para-hydroxylation sites is 1. The van der Waals surface area contributed by atoms with E-state index in [1.807, 2.05) is 18.2 Å². The van der Waals surface area contributed by atoms with Crippen molar-refractivity contribution < 1.29 is 12.9 Å². The van der Waals surface area contributed by atoms with Gasteiger partial charge in [0.05, 0.1) is 6.33 Å². The summed E-state index contributed by atoms with van der Waals surface area (Å²) in [4.78, 5) is 15.8. The van der Waals surface area contributed by atoms with Gasteiger partial charge in [-0.15, -0.1) is 0 Å². The minimum atomic E-state index is -3.47. The van der Waals surface area contributed by atoms with Crippen LogP contribution in [0.2, 0.25) is 0 Å². The molecule has 1 aliphatic heterocycles. The maximum atomic E-state index is 12.8. The van der Waals surface area contributed by atoms with E-state index < -0.39 is 10.0 Å². The van der Waals surface area contributed by atoms with Gasteiger partial charge in [-0.05, 0) is 30.9 Å². The summed E-state index contributed by atoms with van der Waals surface area (Å²) in [6, 6.07) is 8.67. The summed E-state index contributed by atoms with van der Waals surface area (Å²) in [6.45, 7) is 1.45. The molecule has 8 nitrogen and oxygen atoms in total. The van der Waals surface area contributed by atoms with Crippen LogP contribution in [-0.4, -0.2) is 40.5 Å². The predicted octanol–water partition coefficient (Wildman–Crippen LogP) is 1.63. The van der Waals surface area contributed by atoms with E-state index in [1.165, 1.54) is 22.9 Å². The minimum Gasteiger partial charge on any atom is -0.356 e. The van der Waals surface area contributed by atoms with Gasteiger partial charge in [0, 0.05) is 37.3 Å². The molecule has 0 aliphatic carbocycles. The summed E-state index contributed by atoms with van der Waals surface area (Å²) in [5.74, 6) is 0.0859. The van der Waals surface area contributed by atoms with E-state index in [9.17, 15) is 13.2 Å². The van der Waals surface area contributed by atoms with Crippen molar-refractivity contribution in [2.24, 2.45) is 5.92 Å². The highest BCUT2D eigenvalue weighted by atomic mass is 32.2. The standard InChI is InChI=1S/C18H20N4O4S/c23-18-5-8-19-13-21(18)11-14-6-9-22(10-7-14)27(24,25)12-16-15-3-1-2-4-17(15)26-20-16/h1-5,8,13-14H,6-7,9-12H2. The van der Waals surface area contributed by atoms with Gasteiger partial charge in [-0.3, -0.25) is 9.36 Å². The number of nitrogens with zero attached hydrogens (tertiary/aromatic N) is 4. The van der Waals surface area contributed by atoms with Crippen LogP contribution in [0.4, 0.5) is 0 Å². The second-order valence-corrected chi connectivity index (χ2v) is 8.76. The van der Waals surface area contributed by atoms with Crippen molar-refractivity contribution in [3.8, 4) is 0 Å². The molecule has 0 spiro atoms. The summed E-state index contributed by atoms with van der Waals surface area (Å²) in [5, 5.41) is 4.66. The molecule has 0 bridgehead atoms. The highest BCUT2D eigenvalue weighted by Crippen LogP contribution is 2.25. The van der Waals surface area contributed by atoms with Gasteiger partial charge in [0.25, 0.3) is 5.56 Å². The van der Waals surface area contributed by atoms with Gasteiger partial charge in [0.1, 0.15) is 11.4 Å². The summed E-state index contributed by atoms with van der Waals surface area (Å²) < 4.78 is 33.9. The van der Waals surface area contributed by atoms with Crippen LogP contribution in [0.3, 0.4) is 0 Å². The average molecular weight is 388 g/mol. The minimum absolute atomic E-state index is 0.0852. The molecule has 1 aliphatic rings. The first-order valence-corrected chi connectivity index (χ1v) is 10.5. The molecule has 4 rings (SSSR count). The Hall–Kier alpha value is -2.52. The number of rotatable bonds is 5. The van der Waals surface area contributed by atoms with E-state index in [-0.39, 0.29) is 17.2 Å². The molecule has 0 atom stereocenters. The Morgan fingerprint density at radius 1 is 1.15 bits per heavy atom. The molecule has 2 aromatic heterocycles. The first-order chi connectivity index (χ1) is 13.0. The van der Waals surface area contributed by atoms with Crippen LogP contribution in [0.5, 0.6) is 0 Å². The molecule has 0 amide bonds. The summed E-state index contributed by atoms with van der Waals surface area (Å²) in [6.07, 6.45) is 4.42. The van der Waals surface area contributed by atoms with Gasteiger partial charge in [0.15, 0.2) is 5.58 Å². The van der Waals surface area contributed by atoms with Crippen molar-refractivity contribution in [2.75, 3.05) is 13.1 Å². The van der Waals surface area contributed by atoms with E-state index in [0.29, 0.717) is 43.8 Å². The third-order valence-corrected chi connectivity index (χ3v) is 6.78. The van der Waals surface area contributed by atoms with Crippen molar-refractivity contribution in [1.82, 2.24) is 19.0 Å². The fourth-order valence-corrected chi connectivity index (χ4v) is 4.97. The van der Waals surface area contributed by atoms with Crippen LogP contribution in [0.1, 0.15) is 18.5 Å². The van der Waals surface area contributed by atoms with E-state index >= 15 is 0 Å². The second kappa shape index (κ2) is 7.24. The van der Waals surface area contributed by atoms with Crippen LogP contribution in [0, 0.1) is 5.92 Å². The first-order valence-electron chi connectivity index (χ1n) is 8.84. The maximum Gasteiger partial charge on any atom is 0.253 e. The van der Waals surface area contributed by atoms with Gasteiger partial charge >= 0.3 is 0 Å². The molecule has 0 N–H and O–H groups in total. The number of hydrogen-bond donors (Lipinski definition) is 0. The maximum absolute atomic E-state index is 12.8. The van der Waals surface area contributed by atoms with Crippen LogP contribution in [0.25, 0.3) is 11.0 Å². The lowest BCUT2D eigenvalue weighted by Gasteiger charge is -2.31. The smallest absolute Gasteiger partial charge is 0.253 e. The number of fused-ring (bicyclic) bond motifs is 1. The van der Waals surface area contributed by atoms with E-state index in [0.717, 1.165) is 5.39 Å². The fourth-order valence-electron chi connectivity index (χ4n) is 3.47. The zero-order valence-corrected chi connectivity index (χ0v) is 15.5. The lowest BCUT2D eigenvalue weighted by molar-refractivity contribution is 0.250. The molecule has 0 unspecified atom stereocenters. The molecular formula is C18H20N4O4S. The molecule has 0 radical (unpaired) electrons. The zero-order chi connectivity index (χ0) is 18.9. The normalized spacial score (nSPS) is 16.7. The monoisotopic (exact) mass is 388 g/mol. The van der Waals surface area contributed by atoms with Crippen LogP contribution in [-0.2, 0) is 22.3 Å². The molecule has 1 aromatic carbocycles. The second-order valence-electron chi connectivity index (χ2n) is 6.79. The SMILES string of the molecule is O=c1ccncn1CC1CCN(S(=O)(=O)Cc2noc3ccccc23)CC1. The lowest BCUT2D eigenvalue weighted by Crippen LogP contribution is -2.40. The van der Waals surface area contributed by atoms with Crippen LogP contribution < -0.4 is 5.56 Å². The first kappa shape index (κ1) is 17.9. The third-order valence-electron chi connectivity index (χ3n) is 4.99. The van der Waals surface area contributed by atoms with Crippen molar-refractivity contribution in [1.29, 1.82) is 0 Å². The van der Waals surface area contributed by atoms with Crippen LogP contribution in [0.15, 0.2) is 52.2 Å². The topological polar surface area (TPSA) is 98.3 Å². The van der Waals surface area contributed by atoms with Crippen molar-refractivity contribution in [3.63, 3.8) is 0 Å². The van der Waals surface area contributed by atoms with E-state index in [2.05, 4.69) is 10.1 Å². The Bertz CT molecular complexity index is 1100. The predicted molar refractivity (Wildman–Crippen MR) is 99.4 cm³/mol. The van der Waals surface area contributed by atoms with Gasteiger partial charge in [-0.25, -0.2) is 17.7 Å². The summed E-state index contributed by atoms with van der Waals surface area (Å²) in [5.41, 5.74) is 0.941. The Kier molecular flexibility index (Phi) is 4.79. The van der Waals surface area contributed by atoms with Crippen molar-refractivity contribution in [3.05, 3.63) is 58.9 Å². The van der Waals surface area contributed by atoms with E-state index in [4.69, 9.17) is 4.52 Å². The quantitative estimate of drug-likeness (QED) is 0.659. The molecule has 3 heterocycles. The Morgan fingerprint density at radius 3 is 2.70 bits per heavy atom. The van der Waals surface area contributed by atoms with Crippen molar-refractivity contribution in [2.45, 2.75) is 25.1 Å². The van der Waals surface area contributed by atoms with Crippen LogP contribution >= 0.6 is 0 Å². The Labute approximate surface area is 156 Å². The van der Waals surface area contributed by atoms with E-state index in [1.54, 1.807) is 10.6 Å². The Morgan fingerprint density at radius 2 is 1.93 bits per heavy atom. The molecule has 9 heteroatoms. The summed E-state index contributed by atoms with van der Waals surface area (Å²) in [7, 11) is -3.47. The molecule has 3 aromatic rings. The zero-order valence-electron chi connectivity index (χ0n) is 14.7. The number of aromatic nitrogens is 3. The van der Waals surface area contributed by atoms with Gasteiger partial charge in [0.2, 0.25) is 10.0 Å². The molecular weight excluding hydrogens is 368 g/mol. The third kappa shape index (κ3) is 3.79. The molecule has 142 valence electrons. The highest BCUT2D eigenvalue weighted by molar-refractivity contribution is 7.88. The van der Waals surface area contributed by atoms with Gasteiger partial charge in [-0.1, -0.05) is 17.3 Å². The Balaban J connectivity index is 1.41.